The van der Waals surface area contributed by atoms with Gasteiger partial charge in [-0.2, -0.15) is 5.10 Å². The van der Waals surface area contributed by atoms with Crippen LogP contribution < -0.4 is 9.64 Å². The summed E-state index contributed by atoms with van der Waals surface area (Å²) in [5.74, 6) is 1.35. The van der Waals surface area contributed by atoms with Crippen molar-refractivity contribution in [2.24, 2.45) is 0 Å². The summed E-state index contributed by atoms with van der Waals surface area (Å²) in [6.45, 7) is 1.66. The van der Waals surface area contributed by atoms with Gasteiger partial charge < -0.3 is 9.64 Å². The maximum Gasteiger partial charge on any atom is 0.168 e. The largest absolute Gasteiger partial charge is 0.490 e. The number of piperidine rings is 1. The molecule has 3 heterocycles. The second kappa shape index (κ2) is 7.50. The minimum absolute atomic E-state index is 0.112. The summed E-state index contributed by atoms with van der Waals surface area (Å²) in [5, 5.41) is 5.47. The lowest BCUT2D eigenvalue weighted by atomic mass is 10.1. The second-order valence-corrected chi connectivity index (χ2v) is 7.08. The van der Waals surface area contributed by atoms with Crippen molar-refractivity contribution in [1.29, 1.82) is 0 Å². The molecule has 0 aliphatic carbocycles. The molecule has 0 bridgehead atoms. The molecule has 2 aromatic carbocycles. The van der Waals surface area contributed by atoms with Crippen LogP contribution >= 0.6 is 0 Å². The van der Waals surface area contributed by atoms with E-state index < -0.39 is 0 Å². The smallest absolute Gasteiger partial charge is 0.168 e. The summed E-state index contributed by atoms with van der Waals surface area (Å²) in [6.07, 6.45) is 5.28. The molecule has 0 saturated carbocycles. The first-order valence-electron chi connectivity index (χ1n) is 9.69. The van der Waals surface area contributed by atoms with Gasteiger partial charge in [0.1, 0.15) is 29.8 Å². The number of hydrogen-bond acceptors (Lipinski definition) is 5. The van der Waals surface area contributed by atoms with Crippen LogP contribution in [0.2, 0.25) is 0 Å². The van der Waals surface area contributed by atoms with Gasteiger partial charge in [0.05, 0.1) is 17.3 Å². The summed E-state index contributed by atoms with van der Waals surface area (Å²) in [5.41, 5.74) is 1.77. The van der Waals surface area contributed by atoms with Crippen LogP contribution in [-0.4, -0.2) is 38.9 Å². The molecule has 0 spiro atoms. The maximum atomic E-state index is 13.1. The van der Waals surface area contributed by atoms with E-state index in [0.29, 0.717) is 5.75 Å². The Morgan fingerprint density at radius 2 is 1.69 bits per heavy atom. The van der Waals surface area contributed by atoms with E-state index in [1.54, 1.807) is 18.5 Å². The molecule has 0 amide bonds. The molecule has 146 valence electrons. The third kappa shape index (κ3) is 3.51. The Kier molecular flexibility index (Phi) is 4.56. The number of hydrogen-bond donors (Lipinski definition) is 0. The number of fused-ring (bicyclic) bond motifs is 1. The minimum atomic E-state index is -0.254. The standard InChI is InChI=1S/C22H20FN5O/c23-16-6-8-18(9-7-16)29-19-10-12-27(13-11-19)21-20-14-26-28(22(20)25-15-24-21)17-4-2-1-3-5-17/h1-9,14-15,19H,10-13H2. The molecular formula is C22H20FN5O. The molecule has 1 saturated heterocycles. The van der Waals surface area contributed by atoms with E-state index in [1.165, 1.54) is 12.1 Å². The molecule has 4 aromatic rings. The van der Waals surface area contributed by atoms with E-state index in [9.17, 15) is 4.39 Å². The van der Waals surface area contributed by atoms with Crippen molar-refractivity contribution >= 4 is 16.9 Å². The first kappa shape index (κ1) is 17.6. The predicted octanol–water partition coefficient (Wildman–Crippen LogP) is 4.00. The fourth-order valence-electron chi connectivity index (χ4n) is 3.73. The Labute approximate surface area is 167 Å². The lowest BCUT2D eigenvalue weighted by Crippen LogP contribution is -2.38. The zero-order valence-corrected chi connectivity index (χ0v) is 15.8. The Balaban J connectivity index is 1.33. The van der Waals surface area contributed by atoms with Gasteiger partial charge in [-0.25, -0.2) is 19.0 Å². The van der Waals surface area contributed by atoms with Gasteiger partial charge in [0.15, 0.2) is 5.65 Å². The average molecular weight is 389 g/mol. The predicted molar refractivity (Wildman–Crippen MR) is 109 cm³/mol. The van der Waals surface area contributed by atoms with E-state index in [0.717, 1.165) is 48.5 Å². The van der Waals surface area contributed by atoms with E-state index >= 15 is 0 Å². The Morgan fingerprint density at radius 1 is 0.931 bits per heavy atom. The third-order valence-corrected chi connectivity index (χ3v) is 5.20. The Hall–Kier alpha value is -3.48. The van der Waals surface area contributed by atoms with E-state index in [1.807, 2.05) is 41.2 Å². The van der Waals surface area contributed by atoms with Gasteiger partial charge in [0.25, 0.3) is 0 Å². The van der Waals surface area contributed by atoms with E-state index in [2.05, 4.69) is 20.0 Å². The fourth-order valence-corrected chi connectivity index (χ4v) is 3.73. The topological polar surface area (TPSA) is 56.1 Å². The summed E-state index contributed by atoms with van der Waals surface area (Å²) in [6, 6.07) is 16.2. The van der Waals surface area contributed by atoms with Gasteiger partial charge in [0.2, 0.25) is 0 Å². The highest BCUT2D eigenvalue weighted by Gasteiger charge is 2.24. The van der Waals surface area contributed by atoms with Gasteiger partial charge in [-0.15, -0.1) is 0 Å². The van der Waals surface area contributed by atoms with Crippen molar-refractivity contribution < 1.29 is 9.13 Å². The zero-order chi connectivity index (χ0) is 19.6. The Bertz CT molecular complexity index is 1110. The van der Waals surface area contributed by atoms with Gasteiger partial charge in [-0.05, 0) is 36.4 Å². The molecule has 7 heteroatoms. The lowest BCUT2D eigenvalue weighted by molar-refractivity contribution is 0.170. The molecule has 2 aromatic heterocycles. The molecule has 0 unspecified atom stereocenters. The molecule has 1 aliphatic rings. The average Bonchev–Trinajstić information content (AvgIpc) is 3.21. The second-order valence-electron chi connectivity index (χ2n) is 7.08. The van der Waals surface area contributed by atoms with Crippen LogP contribution in [-0.2, 0) is 0 Å². The number of aromatic nitrogens is 4. The highest BCUT2D eigenvalue weighted by Crippen LogP contribution is 2.28. The van der Waals surface area contributed by atoms with Gasteiger partial charge in [0, 0.05) is 25.9 Å². The van der Waals surface area contributed by atoms with Crippen molar-refractivity contribution in [3.05, 3.63) is 72.9 Å². The van der Waals surface area contributed by atoms with Crippen molar-refractivity contribution in [1.82, 2.24) is 19.7 Å². The first-order chi connectivity index (χ1) is 14.3. The minimum Gasteiger partial charge on any atom is -0.490 e. The summed E-state index contributed by atoms with van der Waals surface area (Å²) >= 11 is 0. The molecule has 5 rings (SSSR count). The summed E-state index contributed by atoms with van der Waals surface area (Å²) in [7, 11) is 0. The lowest BCUT2D eigenvalue weighted by Gasteiger charge is -2.33. The molecule has 6 nitrogen and oxygen atoms in total. The number of para-hydroxylation sites is 1. The monoisotopic (exact) mass is 389 g/mol. The third-order valence-electron chi connectivity index (χ3n) is 5.20. The first-order valence-corrected chi connectivity index (χ1v) is 9.69. The molecule has 29 heavy (non-hydrogen) atoms. The quantitative estimate of drug-likeness (QED) is 0.528. The SMILES string of the molecule is Fc1ccc(OC2CCN(c3ncnc4c3cnn4-c3ccccc3)CC2)cc1. The van der Waals surface area contributed by atoms with E-state index in [4.69, 9.17) is 4.74 Å². The normalized spacial score (nSPS) is 15.0. The fraction of sp³-hybridized carbons (Fsp3) is 0.227. The molecule has 0 atom stereocenters. The van der Waals surface area contributed by atoms with Crippen LogP contribution in [0.15, 0.2) is 67.1 Å². The van der Waals surface area contributed by atoms with Crippen molar-refractivity contribution in [2.45, 2.75) is 18.9 Å². The molecular weight excluding hydrogens is 369 g/mol. The zero-order valence-electron chi connectivity index (χ0n) is 15.8. The number of halogens is 1. The maximum absolute atomic E-state index is 13.1. The molecule has 0 radical (unpaired) electrons. The van der Waals surface area contributed by atoms with Gasteiger partial charge >= 0.3 is 0 Å². The Morgan fingerprint density at radius 3 is 2.45 bits per heavy atom. The number of benzene rings is 2. The van der Waals surface area contributed by atoms with Crippen LogP contribution in [0, 0.1) is 5.82 Å². The van der Waals surface area contributed by atoms with Crippen LogP contribution in [0.3, 0.4) is 0 Å². The van der Waals surface area contributed by atoms with Crippen LogP contribution in [0.25, 0.3) is 16.7 Å². The van der Waals surface area contributed by atoms with Crippen LogP contribution in [0.1, 0.15) is 12.8 Å². The number of anilines is 1. The van der Waals surface area contributed by atoms with Gasteiger partial charge in [-0.3, -0.25) is 0 Å². The van der Waals surface area contributed by atoms with Crippen molar-refractivity contribution in [3.8, 4) is 11.4 Å². The highest BCUT2D eigenvalue weighted by molar-refractivity contribution is 5.87. The number of nitrogens with zero attached hydrogens (tertiary/aromatic N) is 5. The number of rotatable bonds is 4. The molecule has 1 aliphatic heterocycles. The van der Waals surface area contributed by atoms with Crippen molar-refractivity contribution in [2.75, 3.05) is 18.0 Å². The van der Waals surface area contributed by atoms with Gasteiger partial charge in [-0.1, -0.05) is 18.2 Å². The highest BCUT2D eigenvalue weighted by atomic mass is 19.1. The van der Waals surface area contributed by atoms with Crippen LogP contribution in [0.4, 0.5) is 10.2 Å². The molecule has 1 fully saturated rings. The summed E-state index contributed by atoms with van der Waals surface area (Å²) in [4.78, 5) is 11.2. The van der Waals surface area contributed by atoms with Crippen LogP contribution in [0.5, 0.6) is 5.75 Å². The van der Waals surface area contributed by atoms with E-state index in [-0.39, 0.29) is 11.9 Å². The van der Waals surface area contributed by atoms with Crippen molar-refractivity contribution in [3.63, 3.8) is 0 Å². The summed E-state index contributed by atoms with van der Waals surface area (Å²) < 4.78 is 20.9. The molecule has 0 N–H and O–H groups in total. The number of ether oxygens (including phenoxy) is 1.